The summed E-state index contributed by atoms with van der Waals surface area (Å²) < 4.78 is 44.9. The molecule has 3 rings (SSSR count). The molecule has 0 unspecified atom stereocenters. The molecule has 1 aliphatic rings. The van der Waals surface area contributed by atoms with E-state index in [4.69, 9.17) is 27.9 Å². The number of halogens is 5. The van der Waals surface area contributed by atoms with Gasteiger partial charge in [-0.25, -0.2) is 4.79 Å². The van der Waals surface area contributed by atoms with Crippen molar-refractivity contribution in [3.8, 4) is 0 Å². The van der Waals surface area contributed by atoms with Crippen LogP contribution in [-0.2, 0) is 20.5 Å². The maximum Gasteiger partial charge on any atom is 0.416 e. The van der Waals surface area contributed by atoms with Gasteiger partial charge >= 0.3 is 12.1 Å². The zero-order chi connectivity index (χ0) is 22.2. The summed E-state index contributed by atoms with van der Waals surface area (Å²) in [7, 11) is 1.12. The van der Waals surface area contributed by atoms with Gasteiger partial charge in [0.25, 0.3) is 5.91 Å². The van der Waals surface area contributed by atoms with Crippen molar-refractivity contribution in [3.63, 3.8) is 0 Å². The molecule has 0 radical (unpaired) electrons. The van der Waals surface area contributed by atoms with E-state index in [1.807, 2.05) is 0 Å². The summed E-state index contributed by atoms with van der Waals surface area (Å²) >= 11 is 12.0. The lowest BCUT2D eigenvalue weighted by molar-refractivity contribution is -0.138. The second-order valence-corrected chi connectivity index (χ2v) is 7.24. The minimum absolute atomic E-state index is 0.143. The molecule has 2 aromatic rings. The second kappa shape index (κ2) is 8.16. The molecule has 156 valence electrons. The van der Waals surface area contributed by atoms with Crippen LogP contribution in [-0.4, -0.2) is 19.0 Å². The van der Waals surface area contributed by atoms with Crippen molar-refractivity contribution in [3.05, 3.63) is 80.5 Å². The van der Waals surface area contributed by atoms with E-state index in [2.05, 4.69) is 0 Å². The quantitative estimate of drug-likeness (QED) is 0.428. The topological polar surface area (TPSA) is 46.6 Å². The standard InChI is InChI=1S/C21H14Cl2F3NO3/c1-11-18(20(29)30-2)16(7-12-5-3-4-6-17(12)21(24,25)26)19(28)27(11)15-9-13(22)8-14(23)10-15/h3-10H,1-2H3/b16-7-. The second-order valence-electron chi connectivity index (χ2n) is 6.36. The van der Waals surface area contributed by atoms with Gasteiger partial charge in [0.1, 0.15) is 0 Å². The molecule has 0 aromatic heterocycles. The monoisotopic (exact) mass is 455 g/mol. The number of alkyl halides is 3. The van der Waals surface area contributed by atoms with Crippen LogP contribution in [0.3, 0.4) is 0 Å². The molecule has 0 bridgehead atoms. The Bertz CT molecular complexity index is 1090. The van der Waals surface area contributed by atoms with Gasteiger partial charge < -0.3 is 4.74 Å². The summed E-state index contributed by atoms with van der Waals surface area (Å²) in [4.78, 5) is 26.7. The van der Waals surface area contributed by atoms with Gasteiger partial charge in [0.15, 0.2) is 0 Å². The average molecular weight is 456 g/mol. The number of hydrogen-bond donors (Lipinski definition) is 0. The van der Waals surface area contributed by atoms with E-state index < -0.39 is 23.6 Å². The number of carbonyl (C=O) groups excluding carboxylic acids is 2. The van der Waals surface area contributed by atoms with E-state index in [-0.39, 0.29) is 38.1 Å². The van der Waals surface area contributed by atoms with E-state index in [9.17, 15) is 22.8 Å². The van der Waals surface area contributed by atoms with Crippen molar-refractivity contribution in [2.45, 2.75) is 13.1 Å². The van der Waals surface area contributed by atoms with Crippen molar-refractivity contribution in [1.29, 1.82) is 0 Å². The Hall–Kier alpha value is -2.77. The number of anilines is 1. The largest absolute Gasteiger partial charge is 0.465 e. The van der Waals surface area contributed by atoms with Gasteiger partial charge in [-0.05, 0) is 42.8 Å². The van der Waals surface area contributed by atoms with Crippen LogP contribution in [0.4, 0.5) is 18.9 Å². The smallest absolute Gasteiger partial charge is 0.416 e. The molecular formula is C21H14Cl2F3NO3. The highest BCUT2D eigenvalue weighted by Crippen LogP contribution is 2.39. The number of benzene rings is 2. The zero-order valence-corrected chi connectivity index (χ0v) is 17.2. The molecule has 1 heterocycles. The number of hydrogen-bond acceptors (Lipinski definition) is 3. The highest BCUT2D eigenvalue weighted by molar-refractivity contribution is 6.35. The Morgan fingerprint density at radius 1 is 1.10 bits per heavy atom. The van der Waals surface area contributed by atoms with Crippen LogP contribution in [0.25, 0.3) is 6.08 Å². The summed E-state index contributed by atoms with van der Waals surface area (Å²) in [5, 5.41) is 0.495. The van der Waals surface area contributed by atoms with Gasteiger partial charge in [-0.2, -0.15) is 13.2 Å². The molecule has 9 heteroatoms. The number of nitrogens with zero attached hydrogens (tertiary/aromatic N) is 1. The third kappa shape index (κ3) is 4.08. The Morgan fingerprint density at radius 2 is 1.70 bits per heavy atom. The number of amides is 1. The third-order valence-electron chi connectivity index (χ3n) is 4.46. The number of rotatable bonds is 3. The summed E-state index contributed by atoms with van der Waals surface area (Å²) in [6.45, 7) is 1.48. The van der Waals surface area contributed by atoms with E-state index in [0.717, 1.165) is 24.2 Å². The van der Waals surface area contributed by atoms with Crippen LogP contribution in [0.5, 0.6) is 0 Å². The van der Waals surface area contributed by atoms with Gasteiger partial charge in [-0.1, -0.05) is 41.4 Å². The van der Waals surface area contributed by atoms with E-state index in [1.165, 1.54) is 43.3 Å². The molecule has 0 N–H and O–H groups in total. The number of ether oxygens (including phenoxy) is 1. The maximum absolute atomic E-state index is 13.4. The van der Waals surface area contributed by atoms with Crippen LogP contribution in [0, 0.1) is 0 Å². The molecule has 0 saturated heterocycles. The van der Waals surface area contributed by atoms with Gasteiger partial charge in [0, 0.05) is 15.7 Å². The van der Waals surface area contributed by atoms with Gasteiger partial charge in [-0.3, -0.25) is 9.69 Å². The Labute approximate surface area is 180 Å². The molecule has 30 heavy (non-hydrogen) atoms. The predicted octanol–water partition coefficient (Wildman–Crippen LogP) is 5.89. The van der Waals surface area contributed by atoms with Crippen LogP contribution in [0.1, 0.15) is 18.1 Å². The fourth-order valence-electron chi connectivity index (χ4n) is 3.20. The molecule has 0 spiro atoms. The molecule has 0 saturated carbocycles. The van der Waals surface area contributed by atoms with Gasteiger partial charge in [-0.15, -0.1) is 0 Å². The average Bonchev–Trinajstić information content (AvgIpc) is 2.90. The molecule has 1 aliphatic heterocycles. The van der Waals surface area contributed by atoms with E-state index in [0.29, 0.717) is 0 Å². The molecular weight excluding hydrogens is 442 g/mol. The first-order valence-electron chi connectivity index (χ1n) is 8.52. The molecule has 0 aliphatic carbocycles. The summed E-state index contributed by atoms with van der Waals surface area (Å²) in [5.41, 5.74) is -1.11. The number of methoxy groups -OCH3 is 1. The fourth-order valence-corrected chi connectivity index (χ4v) is 3.71. The Morgan fingerprint density at radius 3 is 2.27 bits per heavy atom. The number of carbonyl (C=O) groups is 2. The first-order chi connectivity index (χ1) is 14.0. The molecule has 1 amide bonds. The van der Waals surface area contributed by atoms with Crippen molar-refractivity contribution in [1.82, 2.24) is 0 Å². The SMILES string of the molecule is COC(=O)C1=C(C)N(c2cc(Cl)cc(Cl)c2)C(=O)/C1=C\c1ccccc1C(F)(F)F. The van der Waals surface area contributed by atoms with Crippen molar-refractivity contribution in [2.75, 3.05) is 12.0 Å². The molecule has 4 nitrogen and oxygen atoms in total. The van der Waals surface area contributed by atoms with Crippen molar-refractivity contribution >= 4 is 46.8 Å². The van der Waals surface area contributed by atoms with Gasteiger partial charge in [0.2, 0.25) is 0 Å². The Kier molecular flexibility index (Phi) is 5.97. The Balaban J connectivity index is 2.22. The van der Waals surface area contributed by atoms with Crippen LogP contribution >= 0.6 is 23.2 Å². The zero-order valence-electron chi connectivity index (χ0n) is 15.7. The highest BCUT2D eigenvalue weighted by Gasteiger charge is 2.39. The van der Waals surface area contributed by atoms with E-state index in [1.54, 1.807) is 0 Å². The molecule has 0 fully saturated rings. The minimum atomic E-state index is -4.64. The lowest BCUT2D eigenvalue weighted by Gasteiger charge is -2.18. The highest BCUT2D eigenvalue weighted by atomic mass is 35.5. The number of allylic oxidation sites excluding steroid dienone is 1. The minimum Gasteiger partial charge on any atom is -0.465 e. The first-order valence-corrected chi connectivity index (χ1v) is 9.28. The molecule has 2 aromatic carbocycles. The van der Waals surface area contributed by atoms with Crippen LogP contribution in [0.15, 0.2) is 59.3 Å². The van der Waals surface area contributed by atoms with E-state index >= 15 is 0 Å². The van der Waals surface area contributed by atoms with Gasteiger partial charge in [0.05, 0.1) is 29.5 Å². The predicted molar refractivity (Wildman–Crippen MR) is 108 cm³/mol. The maximum atomic E-state index is 13.4. The third-order valence-corrected chi connectivity index (χ3v) is 4.90. The van der Waals surface area contributed by atoms with Crippen LogP contribution in [0.2, 0.25) is 10.0 Å². The fraction of sp³-hybridized carbons (Fsp3) is 0.143. The van der Waals surface area contributed by atoms with Crippen molar-refractivity contribution in [2.24, 2.45) is 0 Å². The van der Waals surface area contributed by atoms with Crippen molar-refractivity contribution < 1.29 is 27.5 Å². The lowest BCUT2D eigenvalue weighted by Crippen LogP contribution is -2.24. The van der Waals surface area contributed by atoms with Crippen LogP contribution < -0.4 is 4.90 Å². The first kappa shape index (κ1) is 21.9. The summed E-state index contributed by atoms with van der Waals surface area (Å²) in [6, 6.07) is 9.13. The summed E-state index contributed by atoms with van der Waals surface area (Å²) in [5.74, 6) is -1.56. The number of esters is 1. The summed E-state index contributed by atoms with van der Waals surface area (Å²) in [6.07, 6.45) is -3.60. The normalized spacial score (nSPS) is 15.9. The lowest BCUT2D eigenvalue weighted by atomic mass is 10.00. The molecule has 0 atom stereocenters.